The number of benzene rings is 2. The summed E-state index contributed by atoms with van der Waals surface area (Å²) in [6.07, 6.45) is -1.43. The van der Waals surface area contributed by atoms with Crippen LogP contribution in [0, 0.1) is 0 Å². The zero-order valence-corrected chi connectivity index (χ0v) is 18.3. The maximum Gasteiger partial charge on any atom is 0.418 e. The predicted octanol–water partition coefficient (Wildman–Crippen LogP) is 5.79. The van der Waals surface area contributed by atoms with Crippen LogP contribution in [0.5, 0.6) is 11.5 Å². The van der Waals surface area contributed by atoms with E-state index in [1.54, 1.807) is 14.2 Å². The van der Waals surface area contributed by atoms with Gasteiger partial charge >= 0.3 is 6.18 Å². The first kappa shape index (κ1) is 22.1. The van der Waals surface area contributed by atoms with Gasteiger partial charge in [-0.15, -0.1) is 0 Å². The van der Waals surface area contributed by atoms with Gasteiger partial charge in [0.25, 0.3) is 0 Å². The Labute approximate surface area is 185 Å². The van der Waals surface area contributed by atoms with Crippen LogP contribution >= 0.6 is 11.6 Å². The molecule has 0 bridgehead atoms. The fourth-order valence-electron chi connectivity index (χ4n) is 4.90. The fraction of sp³-hybridized carbons (Fsp3) is 0.478. The maximum absolute atomic E-state index is 13.6. The lowest BCUT2D eigenvalue weighted by Crippen LogP contribution is -2.56. The number of alkyl halides is 3. The number of anilines is 1. The quantitative estimate of drug-likeness (QED) is 0.583. The number of fused-ring (bicyclic) bond motifs is 1. The number of rotatable bonds is 4. The Morgan fingerprint density at radius 2 is 1.74 bits per heavy atom. The van der Waals surface area contributed by atoms with Crippen molar-refractivity contribution in [3.63, 3.8) is 0 Å². The molecule has 168 valence electrons. The van der Waals surface area contributed by atoms with E-state index in [4.69, 9.17) is 21.1 Å². The van der Waals surface area contributed by atoms with Crippen molar-refractivity contribution in [2.75, 3.05) is 38.8 Å². The molecule has 2 unspecified atom stereocenters. The summed E-state index contributed by atoms with van der Waals surface area (Å²) >= 11 is 5.86. The van der Waals surface area contributed by atoms with Gasteiger partial charge in [0.05, 0.1) is 19.8 Å². The van der Waals surface area contributed by atoms with Crippen molar-refractivity contribution in [2.45, 2.75) is 37.5 Å². The van der Waals surface area contributed by atoms with Gasteiger partial charge in [0.1, 0.15) is 0 Å². The van der Waals surface area contributed by atoms with Gasteiger partial charge in [0, 0.05) is 42.4 Å². The van der Waals surface area contributed by atoms with Crippen molar-refractivity contribution >= 4 is 17.3 Å². The molecule has 2 heterocycles. The Hall–Kier alpha value is -2.12. The normalized spacial score (nSPS) is 22.2. The molecule has 0 N–H and O–H groups in total. The molecule has 0 spiro atoms. The zero-order valence-electron chi connectivity index (χ0n) is 17.6. The standard InChI is InChI=1S/C23H26ClF3N2O2/c1-30-21-9-6-15(12-22(21)31-2)19-5-3-4-17-14-28(10-11-29(17)19)20-8-7-16(24)13-18(20)23(25,26)27/h6-9,12-13,17,19H,3-5,10-11,14H2,1-2H3. The van der Waals surface area contributed by atoms with Crippen LogP contribution in [0.25, 0.3) is 0 Å². The van der Waals surface area contributed by atoms with Crippen molar-refractivity contribution < 1.29 is 22.6 Å². The van der Waals surface area contributed by atoms with E-state index in [9.17, 15) is 13.2 Å². The number of nitrogens with zero attached hydrogens (tertiary/aromatic N) is 2. The molecule has 2 aromatic rings. The van der Waals surface area contributed by atoms with Crippen LogP contribution in [0.3, 0.4) is 0 Å². The molecule has 2 fully saturated rings. The third-order valence-electron chi connectivity index (χ3n) is 6.34. The van der Waals surface area contributed by atoms with Crippen LogP contribution in [0.4, 0.5) is 18.9 Å². The molecule has 2 aliphatic rings. The van der Waals surface area contributed by atoms with Gasteiger partial charge in [-0.1, -0.05) is 17.7 Å². The van der Waals surface area contributed by atoms with E-state index >= 15 is 0 Å². The second-order valence-corrected chi connectivity index (χ2v) is 8.49. The number of hydrogen-bond donors (Lipinski definition) is 0. The van der Waals surface area contributed by atoms with Gasteiger partial charge in [-0.3, -0.25) is 4.90 Å². The van der Waals surface area contributed by atoms with Crippen LogP contribution in [-0.4, -0.2) is 44.8 Å². The van der Waals surface area contributed by atoms with Crippen LogP contribution in [0.1, 0.15) is 36.4 Å². The third kappa shape index (κ3) is 4.44. The topological polar surface area (TPSA) is 24.9 Å². The van der Waals surface area contributed by atoms with Gasteiger partial charge in [-0.05, 0) is 55.2 Å². The Balaban J connectivity index is 1.57. The molecule has 2 atom stereocenters. The predicted molar refractivity (Wildman–Crippen MR) is 115 cm³/mol. The SMILES string of the molecule is COc1ccc(C2CCCC3CN(c4ccc(Cl)cc4C(F)(F)F)CCN32)cc1OC. The third-order valence-corrected chi connectivity index (χ3v) is 6.58. The van der Waals surface area contributed by atoms with Gasteiger partial charge in [-0.2, -0.15) is 13.2 Å². The molecule has 4 rings (SSSR count). The van der Waals surface area contributed by atoms with Gasteiger partial charge in [0.2, 0.25) is 0 Å². The number of halogens is 4. The van der Waals surface area contributed by atoms with Crippen molar-refractivity contribution in [1.29, 1.82) is 0 Å². The highest BCUT2D eigenvalue weighted by Crippen LogP contribution is 2.42. The summed E-state index contributed by atoms with van der Waals surface area (Å²) in [5, 5.41) is 0.0981. The fourth-order valence-corrected chi connectivity index (χ4v) is 5.07. The molecule has 4 nitrogen and oxygen atoms in total. The highest BCUT2D eigenvalue weighted by atomic mass is 35.5. The molecule has 0 aromatic heterocycles. The lowest BCUT2D eigenvalue weighted by molar-refractivity contribution is -0.137. The van der Waals surface area contributed by atoms with Gasteiger partial charge in [0.15, 0.2) is 11.5 Å². The Morgan fingerprint density at radius 3 is 2.45 bits per heavy atom. The van der Waals surface area contributed by atoms with Crippen LogP contribution in [-0.2, 0) is 6.18 Å². The summed E-state index contributed by atoms with van der Waals surface area (Å²) in [6, 6.07) is 10.4. The molecule has 0 radical (unpaired) electrons. The summed E-state index contributed by atoms with van der Waals surface area (Å²) < 4.78 is 51.7. The zero-order chi connectivity index (χ0) is 22.2. The summed E-state index contributed by atoms with van der Waals surface area (Å²) in [5.41, 5.74) is 0.698. The highest BCUT2D eigenvalue weighted by molar-refractivity contribution is 6.30. The minimum Gasteiger partial charge on any atom is -0.493 e. The Bertz CT molecular complexity index is 938. The van der Waals surface area contributed by atoms with E-state index < -0.39 is 11.7 Å². The van der Waals surface area contributed by atoms with Gasteiger partial charge < -0.3 is 14.4 Å². The summed E-state index contributed by atoms with van der Waals surface area (Å²) in [6.45, 7) is 1.79. The lowest BCUT2D eigenvalue weighted by Gasteiger charge is -2.49. The maximum atomic E-state index is 13.6. The number of methoxy groups -OCH3 is 2. The van der Waals surface area contributed by atoms with Crippen molar-refractivity contribution in [3.05, 3.63) is 52.5 Å². The van der Waals surface area contributed by atoms with Crippen molar-refractivity contribution in [3.8, 4) is 11.5 Å². The lowest BCUT2D eigenvalue weighted by atomic mass is 9.89. The Morgan fingerprint density at radius 1 is 0.968 bits per heavy atom. The second-order valence-electron chi connectivity index (χ2n) is 8.06. The van der Waals surface area contributed by atoms with E-state index in [2.05, 4.69) is 11.0 Å². The first-order chi connectivity index (χ1) is 14.8. The Kier molecular flexibility index (Phi) is 6.26. The number of piperazine rings is 1. The van der Waals surface area contributed by atoms with E-state index in [0.29, 0.717) is 31.1 Å². The summed E-state index contributed by atoms with van der Waals surface area (Å²) in [4.78, 5) is 4.29. The average Bonchev–Trinajstić information content (AvgIpc) is 2.77. The molecule has 8 heteroatoms. The molecular formula is C23H26ClF3N2O2. The van der Waals surface area contributed by atoms with E-state index in [0.717, 1.165) is 30.9 Å². The van der Waals surface area contributed by atoms with Gasteiger partial charge in [-0.25, -0.2) is 0 Å². The van der Waals surface area contributed by atoms with E-state index in [1.807, 2.05) is 17.0 Å². The van der Waals surface area contributed by atoms with Crippen molar-refractivity contribution in [2.24, 2.45) is 0 Å². The van der Waals surface area contributed by atoms with E-state index in [-0.39, 0.29) is 22.8 Å². The molecule has 0 amide bonds. The molecule has 31 heavy (non-hydrogen) atoms. The average molecular weight is 455 g/mol. The van der Waals surface area contributed by atoms with Crippen molar-refractivity contribution in [1.82, 2.24) is 4.90 Å². The molecule has 2 aliphatic heterocycles. The van der Waals surface area contributed by atoms with Crippen LogP contribution in [0.2, 0.25) is 5.02 Å². The van der Waals surface area contributed by atoms with E-state index in [1.165, 1.54) is 12.1 Å². The molecule has 0 saturated carbocycles. The number of piperidine rings is 1. The largest absolute Gasteiger partial charge is 0.493 e. The first-order valence-corrected chi connectivity index (χ1v) is 10.8. The molecule has 0 aliphatic carbocycles. The molecule has 2 saturated heterocycles. The number of hydrogen-bond acceptors (Lipinski definition) is 4. The molecular weight excluding hydrogens is 429 g/mol. The highest BCUT2D eigenvalue weighted by Gasteiger charge is 2.39. The summed E-state index contributed by atoms with van der Waals surface area (Å²) in [5.74, 6) is 1.38. The minimum absolute atomic E-state index is 0.0981. The van der Waals surface area contributed by atoms with Crippen LogP contribution in [0.15, 0.2) is 36.4 Å². The number of ether oxygens (including phenoxy) is 2. The molecule has 2 aromatic carbocycles. The summed E-state index contributed by atoms with van der Waals surface area (Å²) in [7, 11) is 3.23. The first-order valence-electron chi connectivity index (χ1n) is 10.4. The minimum atomic E-state index is -4.44. The second kappa shape index (κ2) is 8.79. The monoisotopic (exact) mass is 454 g/mol. The smallest absolute Gasteiger partial charge is 0.418 e. The van der Waals surface area contributed by atoms with Crippen LogP contribution < -0.4 is 14.4 Å².